The van der Waals surface area contributed by atoms with Crippen molar-refractivity contribution in [2.24, 2.45) is 0 Å². The van der Waals surface area contributed by atoms with E-state index in [0.29, 0.717) is 0 Å². The van der Waals surface area contributed by atoms with E-state index >= 15 is 0 Å². The number of aryl methyl sites for hydroxylation is 2. The van der Waals surface area contributed by atoms with E-state index in [1.165, 1.54) is 11.1 Å². The average Bonchev–Trinajstić information content (AvgIpc) is 2.51. The Morgan fingerprint density at radius 1 is 1.09 bits per heavy atom. The van der Waals surface area contributed by atoms with Gasteiger partial charge >= 0.3 is 0 Å². The van der Waals surface area contributed by atoms with Crippen molar-refractivity contribution in [2.45, 2.75) is 39.8 Å². The van der Waals surface area contributed by atoms with Crippen molar-refractivity contribution in [3.63, 3.8) is 0 Å². The molecule has 0 spiro atoms. The van der Waals surface area contributed by atoms with E-state index in [-0.39, 0.29) is 18.0 Å². The molecule has 0 aliphatic carbocycles. The third-order valence-electron chi connectivity index (χ3n) is 4.52. The highest BCUT2D eigenvalue weighted by Crippen LogP contribution is 2.38. The molecule has 0 aromatic heterocycles. The largest absolute Gasteiger partial charge is 0.372 e. The van der Waals surface area contributed by atoms with Crippen molar-refractivity contribution in [3.05, 3.63) is 59.2 Å². The van der Waals surface area contributed by atoms with E-state index in [9.17, 15) is 4.79 Å². The van der Waals surface area contributed by atoms with Crippen LogP contribution in [0.3, 0.4) is 0 Å². The second-order valence-electron chi connectivity index (χ2n) is 6.11. The SMILES string of the molecule is Cc1cc2c(cc1C)N(C(C)c1ccccc1)C(=O)C(C)N2. The quantitative estimate of drug-likeness (QED) is 0.899. The van der Waals surface area contributed by atoms with Gasteiger partial charge in [0.1, 0.15) is 6.04 Å². The Bertz CT molecular complexity index is 709. The molecule has 2 atom stereocenters. The number of benzene rings is 2. The molecule has 3 heteroatoms. The number of anilines is 2. The van der Waals surface area contributed by atoms with Gasteiger partial charge in [0.25, 0.3) is 0 Å². The lowest BCUT2D eigenvalue weighted by molar-refractivity contribution is -0.119. The van der Waals surface area contributed by atoms with Crippen LogP contribution in [0.25, 0.3) is 0 Å². The van der Waals surface area contributed by atoms with Crippen LogP contribution >= 0.6 is 0 Å². The number of amides is 1. The normalized spacial score (nSPS) is 18.6. The van der Waals surface area contributed by atoms with Crippen molar-refractivity contribution in [1.82, 2.24) is 0 Å². The molecule has 2 aromatic rings. The molecule has 0 saturated heterocycles. The molecule has 0 radical (unpaired) electrons. The minimum atomic E-state index is -0.208. The summed E-state index contributed by atoms with van der Waals surface area (Å²) in [4.78, 5) is 14.7. The third-order valence-corrected chi connectivity index (χ3v) is 4.52. The Balaban J connectivity index is 2.11. The predicted octanol–water partition coefficient (Wildman–Crippen LogP) is 4.21. The number of carbonyl (C=O) groups is 1. The van der Waals surface area contributed by atoms with Crippen molar-refractivity contribution >= 4 is 17.3 Å². The molecule has 0 bridgehead atoms. The molecule has 1 aliphatic rings. The molecule has 1 heterocycles. The maximum absolute atomic E-state index is 12.8. The molecule has 2 unspecified atom stereocenters. The van der Waals surface area contributed by atoms with E-state index in [4.69, 9.17) is 0 Å². The lowest BCUT2D eigenvalue weighted by atomic mass is 9.99. The van der Waals surface area contributed by atoms with Gasteiger partial charge in [-0.25, -0.2) is 0 Å². The van der Waals surface area contributed by atoms with E-state index < -0.39 is 0 Å². The minimum absolute atomic E-state index is 0.0131. The van der Waals surface area contributed by atoms with E-state index in [1.54, 1.807) is 0 Å². The smallest absolute Gasteiger partial charge is 0.249 e. The van der Waals surface area contributed by atoms with Gasteiger partial charge in [-0.1, -0.05) is 30.3 Å². The molecule has 1 amide bonds. The summed E-state index contributed by atoms with van der Waals surface area (Å²) in [5, 5.41) is 3.32. The molecule has 3 rings (SSSR count). The third kappa shape index (κ3) is 2.37. The van der Waals surface area contributed by atoms with Crippen LogP contribution in [0.15, 0.2) is 42.5 Å². The Kier molecular flexibility index (Phi) is 3.65. The molecule has 0 fully saturated rings. The number of carbonyl (C=O) groups excluding carboxylic acids is 1. The molecular formula is C19H22N2O. The van der Waals surface area contributed by atoms with Gasteiger partial charge in [-0.2, -0.15) is 0 Å². The first-order valence-electron chi connectivity index (χ1n) is 7.75. The monoisotopic (exact) mass is 294 g/mol. The number of hydrogen-bond donors (Lipinski definition) is 1. The van der Waals surface area contributed by atoms with Crippen molar-refractivity contribution in [3.8, 4) is 0 Å². The Morgan fingerprint density at radius 2 is 1.73 bits per heavy atom. The van der Waals surface area contributed by atoms with Crippen LogP contribution in [0, 0.1) is 13.8 Å². The summed E-state index contributed by atoms with van der Waals surface area (Å²) in [6.07, 6.45) is 0. The van der Waals surface area contributed by atoms with Crippen molar-refractivity contribution in [1.29, 1.82) is 0 Å². The second-order valence-corrected chi connectivity index (χ2v) is 6.11. The molecule has 1 aliphatic heterocycles. The van der Waals surface area contributed by atoms with Gasteiger partial charge < -0.3 is 10.2 Å². The second kappa shape index (κ2) is 5.48. The summed E-state index contributed by atoms with van der Waals surface area (Å²) in [7, 11) is 0. The summed E-state index contributed by atoms with van der Waals surface area (Å²) in [5.41, 5.74) is 5.60. The molecule has 1 N–H and O–H groups in total. The van der Waals surface area contributed by atoms with Gasteiger partial charge in [0.15, 0.2) is 0 Å². The highest BCUT2D eigenvalue weighted by molar-refractivity contribution is 6.05. The van der Waals surface area contributed by atoms with Crippen LogP contribution < -0.4 is 10.2 Å². The van der Waals surface area contributed by atoms with Crippen LogP contribution in [0.2, 0.25) is 0 Å². The van der Waals surface area contributed by atoms with Gasteiger partial charge in [-0.05, 0) is 56.5 Å². The van der Waals surface area contributed by atoms with Crippen molar-refractivity contribution < 1.29 is 4.79 Å². The zero-order chi connectivity index (χ0) is 15.9. The van der Waals surface area contributed by atoms with Gasteiger partial charge in [0, 0.05) is 0 Å². The summed E-state index contributed by atoms with van der Waals surface area (Å²) in [6, 6.07) is 14.2. The predicted molar refractivity (Wildman–Crippen MR) is 91.3 cm³/mol. The maximum atomic E-state index is 12.8. The van der Waals surface area contributed by atoms with Crippen LogP contribution in [0.1, 0.15) is 36.6 Å². The molecule has 114 valence electrons. The van der Waals surface area contributed by atoms with Gasteiger partial charge in [0.2, 0.25) is 5.91 Å². The molecule has 3 nitrogen and oxygen atoms in total. The maximum Gasteiger partial charge on any atom is 0.249 e. The molecule has 22 heavy (non-hydrogen) atoms. The highest BCUT2D eigenvalue weighted by Gasteiger charge is 2.33. The minimum Gasteiger partial charge on any atom is -0.372 e. The lowest BCUT2D eigenvalue weighted by Gasteiger charge is -2.38. The van der Waals surface area contributed by atoms with Crippen LogP contribution in [0.5, 0.6) is 0 Å². The van der Waals surface area contributed by atoms with Gasteiger partial charge in [-0.3, -0.25) is 4.79 Å². The lowest BCUT2D eigenvalue weighted by Crippen LogP contribution is -2.46. The Morgan fingerprint density at radius 3 is 2.41 bits per heavy atom. The zero-order valence-electron chi connectivity index (χ0n) is 13.6. The number of nitrogens with one attached hydrogen (secondary N) is 1. The molecule has 0 saturated carbocycles. The fourth-order valence-corrected chi connectivity index (χ4v) is 3.02. The first-order chi connectivity index (χ1) is 10.5. The number of fused-ring (bicyclic) bond motifs is 1. The highest BCUT2D eigenvalue weighted by atomic mass is 16.2. The van der Waals surface area contributed by atoms with Gasteiger partial charge in [0.05, 0.1) is 17.4 Å². The van der Waals surface area contributed by atoms with Crippen LogP contribution in [-0.4, -0.2) is 11.9 Å². The summed E-state index contributed by atoms with van der Waals surface area (Å²) >= 11 is 0. The summed E-state index contributed by atoms with van der Waals surface area (Å²) in [5.74, 6) is 0.118. The fraction of sp³-hybridized carbons (Fsp3) is 0.316. The standard InChI is InChI=1S/C19H22N2O/c1-12-10-17-18(11-13(12)2)21(19(22)14(3)20-17)15(4)16-8-6-5-7-9-16/h5-11,14-15,20H,1-4H3. The van der Waals surface area contributed by atoms with Crippen molar-refractivity contribution in [2.75, 3.05) is 10.2 Å². The average molecular weight is 294 g/mol. The Hall–Kier alpha value is -2.29. The Labute approximate surface area is 132 Å². The fourth-order valence-electron chi connectivity index (χ4n) is 3.02. The number of hydrogen-bond acceptors (Lipinski definition) is 2. The molecule has 2 aromatic carbocycles. The first kappa shape index (κ1) is 14.6. The van der Waals surface area contributed by atoms with E-state index in [0.717, 1.165) is 16.9 Å². The molecular weight excluding hydrogens is 272 g/mol. The topological polar surface area (TPSA) is 32.3 Å². The number of nitrogens with zero attached hydrogens (tertiary/aromatic N) is 1. The van der Waals surface area contributed by atoms with Crippen LogP contribution in [0.4, 0.5) is 11.4 Å². The van der Waals surface area contributed by atoms with Gasteiger partial charge in [-0.15, -0.1) is 0 Å². The zero-order valence-corrected chi connectivity index (χ0v) is 13.6. The van der Waals surface area contributed by atoms with E-state index in [2.05, 4.69) is 50.4 Å². The first-order valence-corrected chi connectivity index (χ1v) is 7.75. The van der Waals surface area contributed by atoms with E-state index in [1.807, 2.05) is 30.0 Å². The summed E-state index contributed by atoms with van der Waals surface area (Å²) < 4.78 is 0. The van der Waals surface area contributed by atoms with Crippen LogP contribution in [-0.2, 0) is 4.79 Å². The number of rotatable bonds is 2. The summed E-state index contributed by atoms with van der Waals surface area (Å²) in [6.45, 7) is 8.20.